The molecule has 3 N–H and O–H groups in total. The highest BCUT2D eigenvalue weighted by Crippen LogP contribution is 2.30. The molecule has 0 aliphatic rings. The summed E-state index contributed by atoms with van der Waals surface area (Å²) in [6.07, 6.45) is 0. The number of rotatable bonds is 3. The van der Waals surface area contributed by atoms with Gasteiger partial charge in [0, 0.05) is 17.1 Å². The highest BCUT2D eigenvalue weighted by Gasteiger charge is 2.12. The first-order valence-corrected chi connectivity index (χ1v) is 6.51. The van der Waals surface area contributed by atoms with E-state index in [9.17, 15) is 0 Å². The Kier molecular flexibility index (Phi) is 3.61. The van der Waals surface area contributed by atoms with Gasteiger partial charge in [-0.25, -0.2) is 0 Å². The monoisotopic (exact) mass is 322 g/mol. The van der Waals surface area contributed by atoms with Gasteiger partial charge in [-0.05, 0) is 48.0 Å². The molecule has 0 unspecified atom stereocenters. The van der Waals surface area contributed by atoms with E-state index in [2.05, 4.69) is 21.0 Å². The van der Waals surface area contributed by atoms with E-state index in [0.717, 1.165) is 21.6 Å². The van der Waals surface area contributed by atoms with Crippen molar-refractivity contribution < 1.29 is 4.74 Å². The van der Waals surface area contributed by atoms with Gasteiger partial charge in [0.1, 0.15) is 17.3 Å². The molecule has 19 heavy (non-hydrogen) atoms. The number of nitrogens with zero attached hydrogens (tertiary/aromatic N) is 2. The zero-order chi connectivity index (χ0) is 14.2. The lowest BCUT2D eigenvalue weighted by molar-refractivity contribution is 0.474. The molecule has 1 aromatic carbocycles. The first-order chi connectivity index (χ1) is 8.90. The smallest absolute Gasteiger partial charge is 0.171 e. The quantitative estimate of drug-likeness (QED) is 0.673. The highest BCUT2D eigenvalue weighted by molar-refractivity contribution is 9.10. The molecule has 0 atom stereocenters. The van der Waals surface area contributed by atoms with Crippen molar-refractivity contribution in [1.29, 1.82) is 5.41 Å². The van der Waals surface area contributed by atoms with E-state index in [-0.39, 0.29) is 5.84 Å². The highest BCUT2D eigenvalue weighted by atomic mass is 79.9. The second-order valence-electron chi connectivity index (χ2n) is 4.28. The number of amidine groups is 1. The topological polar surface area (TPSA) is 76.9 Å². The van der Waals surface area contributed by atoms with Gasteiger partial charge in [-0.1, -0.05) is 0 Å². The van der Waals surface area contributed by atoms with Gasteiger partial charge in [0.2, 0.25) is 0 Å². The average Bonchev–Trinajstić information content (AvgIpc) is 2.56. The van der Waals surface area contributed by atoms with Crippen LogP contribution in [0, 0.1) is 19.3 Å². The molecule has 0 aliphatic heterocycles. The van der Waals surface area contributed by atoms with Crippen LogP contribution in [-0.4, -0.2) is 15.6 Å². The van der Waals surface area contributed by atoms with Crippen LogP contribution in [0.1, 0.15) is 17.0 Å². The van der Waals surface area contributed by atoms with Gasteiger partial charge >= 0.3 is 0 Å². The third kappa shape index (κ3) is 2.63. The number of nitrogen functional groups attached to an aromatic ring is 1. The number of nitrogens with two attached hydrogens (primary N) is 1. The second-order valence-corrected chi connectivity index (χ2v) is 5.14. The molecule has 0 amide bonds. The molecule has 0 spiro atoms. The molecule has 1 aromatic heterocycles. The maximum Gasteiger partial charge on any atom is 0.171 e. The Labute approximate surface area is 120 Å². The van der Waals surface area contributed by atoms with E-state index in [0.29, 0.717) is 11.3 Å². The Morgan fingerprint density at radius 3 is 2.58 bits per heavy atom. The third-order valence-corrected chi connectivity index (χ3v) is 3.55. The fourth-order valence-corrected chi connectivity index (χ4v) is 2.37. The van der Waals surface area contributed by atoms with Gasteiger partial charge in [-0.2, -0.15) is 5.10 Å². The SMILES string of the molecule is Cc1nn(C)c(C)c1Oc1ccc(C(=N)N)c(Br)c1. The van der Waals surface area contributed by atoms with Crippen molar-refractivity contribution in [2.24, 2.45) is 12.8 Å². The summed E-state index contributed by atoms with van der Waals surface area (Å²) in [6, 6.07) is 5.33. The minimum Gasteiger partial charge on any atom is -0.453 e. The summed E-state index contributed by atoms with van der Waals surface area (Å²) in [6.45, 7) is 3.86. The predicted octanol–water partition coefficient (Wildman–Crippen LogP) is 2.88. The van der Waals surface area contributed by atoms with Crippen molar-refractivity contribution >= 4 is 21.8 Å². The second kappa shape index (κ2) is 5.05. The summed E-state index contributed by atoms with van der Waals surface area (Å²) in [4.78, 5) is 0. The van der Waals surface area contributed by atoms with Gasteiger partial charge < -0.3 is 10.5 Å². The Morgan fingerprint density at radius 1 is 1.42 bits per heavy atom. The van der Waals surface area contributed by atoms with Crippen LogP contribution in [0.3, 0.4) is 0 Å². The number of hydrogen-bond acceptors (Lipinski definition) is 3. The summed E-state index contributed by atoms with van der Waals surface area (Å²) in [5.74, 6) is 1.45. The van der Waals surface area contributed by atoms with Crippen molar-refractivity contribution in [3.05, 3.63) is 39.6 Å². The molecular weight excluding hydrogens is 308 g/mol. The minimum absolute atomic E-state index is 0.0205. The molecule has 2 aromatic rings. The van der Waals surface area contributed by atoms with E-state index < -0.39 is 0 Å². The molecule has 0 saturated heterocycles. The van der Waals surface area contributed by atoms with Gasteiger partial charge in [0.05, 0.1) is 5.69 Å². The summed E-state index contributed by atoms with van der Waals surface area (Å²) in [5.41, 5.74) is 7.92. The first-order valence-electron chi connectivity index (χ1n) is 5.72. The lowest BCUT2D eigenvalue weighted by Gasteiger charge is -2.08. The first kappa shape index (κ1) is 13.6. The fourth-order valence-electron chi connectivity index (χ4n) is 1.80. The molecule has 100 valence electrons. The zero-order valence-electron chi connectivity index (χ0n) is 11.0. The van der Waals surface area contributed by atoms with Gasteiger partial charge in [0.25, 0.3) is 0 Å². The van der Waals surface area contributed by atoms with Crippen LogP contribution in [0.4, 0.5) is 0 Å². The Hall–Kier alpha value is -1.82. The largest absolute Gasteiger partial charge is 0.453 e. The van der Waals surface area contributed by atoms with Gasteiger partial charge in [0.15, 0.2) is 5.75 Å². The molecule has 0 saturated carbocycles. The van der Waals surface area contributed by atoms with E-state index in [1.165, 1.54) is 0 Å². The maximum absolute atomic E-state index is 7.43. The van der Waals surface area contributed by atoms with Crippen LogP contribution in [0.5, 0.6) is 11.5 Å². The van der Waals surface area contributed by atoms with E-state index in [4.69, 9.17) is 15.9 Å². The molecule has 2 rings (SSSR count). The number of ether oxygens (including phenoxy) is 1. The van der Waals surface area contributed by atoms with Crippen molar-refractivity contribution in [2.75, 3.05) is 0 Å². The van der Waals surface area contributed by atoms with Crippen molar-refractivity contribution in [3.8, 4) is 11.5 Å². The van der Waals surface area contributed by atoms with Crippen LogP contribution in [-0.2, 0) is 7.05 Å². The maximum atomic E-state index is 7.43. The van der Waals surface area contributed by atoms with Crippen LogP contribution in [0.25, 0.3) is 0 Å². The van der Waals surface area contributed by atoms with E-state index in [1.807, 2.05) is 20.9 Å². The molecule has 0 bridgehead atoms. The van der Waals surface area contributed by atoms with Crippen LogP contribution in [0.15, 0.2) is 22.7 Å². The van der Waals surface area contributed by atoms with Crippen molar-refractivity contribution in [1.82, 2.24) is 9.78 Å². The predicted molar refractivity (Wildman–Crippen MR) is 77.9 cm³/mol. The Morgan fingerprint density at radius 2 is 2.11 bits per heavy atom. The van der Waals surface area contributed by atoms with Crippen molar-refractivity contribution in [2.45, 2.75) is 13.8 Å². The van der Waals surface area contributed by atoms with Crippen LogP contribution in [0.2, 0.25) is 0 Å². The average molecular weight is 323 g/mol. The molecule has 0 radical (unpaired) electrons. The van der Waals surface area contributed by atoms with E-state index in [1.54, 1.807) is 22.9 Å². The molecule has 5 nitrogen and oxygen atoms in total. The van der Waals surface area contributed by atoms with Gasteiger partial charge in [-0.15, -0.1) is 0 Å². The number of benzene rings is 1. The normalized spacial score (nSPS) is 10.5. The summed E-state index contributed by atoms with van der Waals surface area (Å²) in [5, 5.41) is 11.7. The minimum atomic E-state index is 0.0205. The lowest BCUT2D eigenvalue weighted by atomic mass is 10.2. The third-order valence-electron chi connectivity index (χ3n) is 2.89. The fraction of sp³-hybridized carbons (Fsp3) is 0.231. The Balaban J connectivity index is 2.34. The van der Waals surface area contributed by atoms with E-state index >= 15 is 0 Å². The van der Waals surface area contributed by atoms with Crippen molar-refractivity contribution in [3.63, 3.8) is 0 Å². The number of nitrogens with one attached hydrogen (secondary N) is 1. The Bertz CT molecular complexity index is 648. The van der Waals surface area contributed by atoms with Crippen LogP contribution < -0.4 is 10.5 Å². The number of aryl methyl sites for hydroxylation is 2. The summed E-state index contributed by atoms with van der Waals surface area (Å²) < 4.78 is 8.37. The van der Waals surface area contributed by atoms with Crippen LogP contribution >= 0.6 is 15.9 Å². The summed E-state index contributed by atoms with van der Waals surface area (Å²) in [7, 11) is 1.88. The van der Waals surface area contributed by atoms with Gasteiger partial charge in [-0.3, -0.25) is 10.1 Å². The molecule has 1 heterocycles. The number of aromatic nitrogens is 2. The zero-order valence-corrected chi connectivity index (χ0v) is 12.6. The molecule has 0 aliphatic carbocycles. The summed E-state index contributed by atoms with van der Waals surface area (Å²) >= 11 is 3.38. The lowest BCUT2D eigenvalue weighted by Crippen LogP contribution is -2.11. The number of hydrogen-bond donors (Lipinski definition) is 2. The molecular formula is C13H15BrN4O. The number of halogens is 1. The molecule has 0 fully saturated rings. The standard InChI is InChI=1S/C13H15BrN4O/c1-7-12(8(2)18(3)17-7)19-9-4-5-10(13(15)16)11(14)6-9/h4-6H,1-3H3,(H3,15,16). The molecule has 6 heteroatoms.